The summed E-state index contributed by atoms with van der Waals surface area (Å²) in [6, 6.07) is 12.4. The summed E-state index contributed by atoms with van der Waals surface area (Å²) in [6.07, 6.45) is 0. The maximum atomic E-state index is 12.5. The van der Waals surface area contributed by atoms with Crippen LogP contribution in [0.4, 0.5) is 0 Å². The first-order chi connectivity index (χ1) is 13.4. The van der Waals surface area contributed by atoms with Crippen molar-refractivity contribution >= 4 is 34.4 Å². The zero-order chi connectivity index (χ0) is 20.3. The SMILES string of the molecule is CCOC(=O)c1cc2cc(OC(C)=O)ccc2n1Cc1ccc(Cl)c(OC)c1. The number of aromatic nitrogens is 1. The molecule has 146 valence electrons. The van der Waals surface area contributed by atoms with E-state index in [0.29, 0.717) is 28.8 Å². The van der Waals surface area contributed by atoms with Gasteiger partial charge >= 0.3 is 11.9 Å². The first-order valence-corrected chi connectivity index (χ1v) is 9.12. The first-order valence-electron chi connectivity index (χ1n) is 8.74. The molecule has 6 nitrogen and oxygen atoms in total. The van der Waals surface area contributed by atoms with Crippen molar-refractivity contribution in [1.82, 2.24) is 4.57 Å². The van der Waals surface area contributed by atoms with Crippen LogP contribution in [0.25, 0.3) is 10.9 Å². The van der Waals surface area contributed by atoms with Crippen molar-refractivity contribution in [3.63, 3.8) is 0 Å². The van der Waals surface area contributed by atoms with Gasteiger partial charge in [-0.25, -0.2) is 4.79 Å². The van der Waals surface area contributed by atoms with Crippen molar-refractivity contribution in [2.45, 2.75) is 20.4 Å². The third-order valence-electron chi connectivity index (χ3n) is 4.18. The number of rotatable bonds is 6. The minimum Gasteiger partial charge on any atom is -0.495 e. The molecule has 1 heterocycles. The van der Waals surface area contributed by atoms with Crippen LogP contribution in [-0.2, 0) is 16.1 Å². The minimum absolute atomic E-state index is 0.272. The monoisotopic (exact) mass is 401 g/mol. The van der Waals surface area contributed by atoms with E-state index in [4.69, 9.17) is 25.8 Å². The molecule has 0 spiro atoms. The fourth-order valence-corrected chi connectivity index (χ4v) is 3.20. The molecular weight excluding hydrogens is 382 g/mol. The molecule has 1 aromatic heterocycles. The number of halogens is 1. The molecule has 0 saturated carbocycles. The molecule has 2 aromatic carbocycles. The van der Waals surface area contributed by atoms with Gasteiger partial charge in [0, 0.05) is 24.4 Å². The Kier molecular flexibility index (Phi) is 5.90. The maximum absolute atomic E-state index is 12.5. The Labute approximate surface area is 167 Å². The average Bonchev–Trinajstić information content (AvgIpc) is 3.00. The molecule has 0 saturated heterocycles. The van der Waals surface area contributed by atoms with Gasteiger partial charge in [-0.15, -0.1) is 0 Å². The highest BCUT2D eigenvalue weighted by atomic mass is 35.5. The molecule has 0 radical (unpaired) electrons. The topological polar surface area (TPSA) is 66.8 Å². The van der Waals surface area contributed by atoms with E-state index in [2.05, 4.69) is 0 Å². The summed E-state index contributed by atoms with van der Waals surface area (Å²) in [5.74, 6) is 0.150. The number of hydrogen-bond donors (Lipinski definition) is 0. The molecule has 0 fully saturated rings. The van der Waals surface area contributed by atoms with Gasteiger partial charge < -0.3 is 18.8 Å². The zero-order valence-corrected chi connectivity index (χ0v) is 16.6. The molecule has 7 heteroatoms. The van der Waals surface area contributed by atoms with Crippen molar-refractivity contribution in [3.05, 3.63) is 58.7 Å². The molecule has 3 aromatic rings. The molecule has 0 bridgehead atoms. The normalized spacial score (nSPS) is 10.7. The summed E-state index contributed by atoms with van der Waals surface area (Å²) in [7, 11) is 1.55. The quantitative estimate of drug-likeness (QED) is 0.451. The number of hydrogen-bond acceptors (Lipinski definition) is 5. The Morgan fingerprint density at radius 1 is 1.11 bits per heavy atom. The maximum Gasteiger partial charge on any atom is 0.354 e. The largest absolute Gasteiger partial charge is 0.495 e. The predicted octanol–water partition coefficient (Wildman–Crippen LogP) is 4.45. The molecule has 0 aliphatic heterocycles. The molecule has 0 atom stereocenters. The van der Waals surface area contributed by atoms with Crippen LogP contribution < -0.4 is 9.47 Å². The second kappa shape index (κ2) is 8.35. The lowest BCUT2D eigenvalue weighted by Crippen LogP contribution is -2.13. The van der Waals surface area contributed by atoms with Gasteiger partial charge in [0.1, 0.15) is 17.2 Å². The van der Waals surface area contributed by atoms with Gasteiger partial charge in [0.25, 0.3) is 0 Å². The summed E-state index contributed by atoms with van der Waals surface area (Å²) < 4.78 is 17.5. The van der Waals surface area contributed by atoms with Crippen molar-refractivity contribution in [3.8, 4) is 11.5 Å². The Morgan fingerprint density at radius 2 is 1.89 bits per heavy atom. The Hall–Kier alpha value is -2.99. The van der Waals surface area contributed by atoms with Crippen LogP contribution in [0.15, 0.2) is 42.5 Å². The minimum atomic E-state index is -0.423. The molecular formula is C21H20ClNO5. The first kappa shape index (κ1) is 19.8. The summed E-state index contributed by atoms with van der Waals surface area (Å²) in [5.41, 5.74) is 2.13. The van der Waals surface area contributed by atoms with Gasteiger partial charge in [-0.05, 0) is 48.9 Å². The second-order valence-corrected chi connectivity index (χ2v) is 6.53. The van der Waals surface area contributed by atoms with Crippen molar-refractivity contribution < 1.29 is 23.8 Å². The molecule has 3 rings (SSSR count). The van der Waals surface area contributed by atoms with E-state index >= 15 is 0 Å². The Morgan fingerprint density at radius 3 is 2.57 bits per heavy atom. The average molecular weight is 402 g/mol. The zero-order valence-electron chi connectivity index (χ0n) is 15.8. The van der Waals surface area contributed by atoms with E-state index in [1.807, 2.05) is 22.8 Å². The Balaban J connectivity index is 2.08. The number of carbonyl (C=O) groups excluding carboxylic acids is 2. The second-order valence-electron chi connectivity index (χ2n) is 6.12. The van der Waals surface area contributed by atoms with Crippen LogP contribution in [0, 0.1) is 0 Å². The van der Waals surface area contributed by atoms with Crippen molar-refractivity contribution in [2.75, 3.05) is 13.7 Å². The molecule has 28 heavy (non-hydrogen) atoms. The molecule has 0 amide bonds. The van der Waals surface area contributed by atoms with E-state index in [9.17, 15) is 9.59 Å². The van der Waals surface area contributed by atoms with Gasteiger partial charge in [0.05, 0.1) is 18.7 Å². The van der Waals surface area contributed by atoms with Gasteiger partial charge in [-0.2, -0.15) is 0 Å². The number of fused-ring (bicyclic) bond motifs is 1. The third kappa shape index (κ3) is 4.12. The van der Waals surface area contributed by atoms with Crippen LogP contribution in [0.5, 0.6) is 11.5 Å². The number of carbonyl (C=O) groups is 2. The summed E-state index contributed by atoms with van der Waals surface area (Å²) in [5, 5.41) is 1.28. The van der Waals surface area contributed by atoms with Gasteiger partial charge in [-0.3, -0.25) is 4.79 Å². The number of nitrogens with zero attached hydrogens (tertiary/aromatic N) is 1. The van der Waals surface area contributed by atoms with E-state index in [-0.39, 0.29) is 6.61 Å². The number of esters is 2. The lowest BCUT2D eigenvalue weighted by molar-refractivity contribution is -0.131. The number of methoxy groups -OCH3 is 1. The van der Waals surface area contributed by atoms with E-state index in [0.717, 1.165) is 16.5 Å². The van der Waals surface area contributed by atoms with Crippen LogP contribution >= 0.6 is 11.6 Å². The molecule has 0 aliphatic carbocycles. The highest BCUT2D eigenvalue weighted by molar-refractivity contribution is 6.32. The van der Waals surface area contributed by atoms with Crippen molar-refractivity contribution in [2.24, 2.45) is 0 Å². The highest BCUT2D eigenvalue weighted by Gasteiger charge is 2.18. The molecule has 0 aliphatic rings. The Bertz CT molecular complexity index is 1040. The number of benzene rings is 2. The fraction of sp³-hybridized carbons (Fsp3) is 0.238. The lowest BCUT2D eigenvalue weighted by atomic mass is 10.2. The lowest BCUT2D eigenvalue weighted by Gasteiger charge is -2.12. The van der Waals surface area contributed by atoms with Crippen LogP contribution in [0.2, 0.25) is 5.02 Å². The van der Waals surface area contributed by atoms with Crippen LogP contribution in [0.1, 0.15) is 29.9 Å². The molecule has 0 N–H and O–H groups in total. The smallest absolute Gasteiger partial charge is 0.354 e. The van der Waals surface area contributed by atoms with E-state index in [1.54, 1.807) is 38.3 Å². The van der Waals surface area contributed by atoms with Gasteiger partial charge in [0.2, 0.25) is 0 Å². The van der Waals surface area contributed by atoms with Crippen LogP contribution in [0.3, 0.4) is 0 Å². The number of ether oxygens (including phenoxy) is 3. The van der Waals surface area contributed by atoms with Gasteiger partial charge in [-0.1, -0.05) is 17.7 Å². The van der Waals surface area contributed by atoms with Crippen LogP contribution in [-0.4, -0.2) is 30.2 Å². The summed E-state index contributed by atoms with van der Waals surface area (Å²) >= 11 is 6.11. The highest BCUT2D eigenvalue weighted by Crippen LogP contribution is 2.29. The van der Waals surface area contributed by atoms with E-state index < -0.39 is 11.9 Å². The third-order valence-corrected chi connectivity index (χ3v) is 4.49. The predicted molar refractivity (Wildman–Crippen MR) is 106 cm³/mol. The summed E-state index contributed by atoms with van der Waals surface area (Å²) in [6.45, 7) is 3.78. The van der Waals surface area contributed by atoms with Gasteiger partial charge in [0.15, 0.2) is 0 Å². The fourth-order valence-electron chi connectivity index (χ4n) is 3.01. The van der Waals surface area contributed by atoms with Crippen molar-refractivity contribution in [1.29, 1.82) is 0 Å². The molecule has 0 unspecified atom stereocenters. The standard InChI is InChI=1S/C21H20ClNO5/c1-4-27-21(25)19-11-15-10-16(28-13(2)24)6-8-18(15)23(19)12-14-5-7-17(22)20(9-14)26-3/h5-11H,4,12H2,1-3H3. The van der Waals surface area contributed by atoms with E-state index in [1.165, 1.54) is 6.92 Å². The summed E-state index contributed by atoms with van der Waals surface area (Å²) in [4.78, 5) is 23.7.